The van der Waals surface area contributed by atoms with Gasteiger partial charge in [0, 0.05) is 23.2 Å². The fourth-order valence-corrected chi connectivity index (χ4v) is 1.97. The number of aromatic nitrogens is 2. The number of hydrogen-bond acceptors (Lipinski definition) is 2. The van der Waals surface area contributed by atoms with Gasteiger partial charge < -0.3 is 10.7 Å². The van der Waals surface area contributed by atoms with E-state index in [1.165, 1.54) is 12.1 Å². The fourth-order valence-electron chi connectivity index (χ4n) is 1.97. The number of nitrogens with one attached hydrogen (secondary N) is 1. The molecule has 4 heteroatoms. The normalized spacial score (nSPS) is 11.8. The van der Waals surface area contributed by atoms with E-state index in [0.29, 0.717) is 0 Å². The number of H-pyrrole nitrogens is 1. The third-order valence-corrected chi connectivity index (χ3v) is 3.06. The highest BCUT2D eigenvalue weighted by Gasteiger charge is 2.14. The van der Waals surface area contributed by atoms with Crippen LogP contribution in [0.2, 0.25) is 0 Å². The lowest BCUT2D eigenvalue weighted by molar-refractivity contribution is 0.472. The van der Waals surface area contributed by atoms with E-state index in [-0.39, 0.29) is 11.4 Å². The number of halogens is 1. The lowest BCUT2D eigenvalue weighted by atomic mass is 10.0. The molecular formula is C15H20FN3. The van der Waals surface area contributed by atoms with Gasteiger partial charge in [-0.15, -0.1) is 0 Å². The highest BCUT2D eigenvalue weighted by atomic mass is 19.1. The van der Waals surface area contributed by atoms with Gasteiger partial charge in [-0.05, 0) is 51.5 Å². The minimum absolute atomic E-state index is 0.198. The first-order valence-corrected chi connectivity index (χ1v) is 6.45. The molecular weight excluding hydrogens is 241 g/mol. The Morgan fingerprint density at radius 1 is 1.26 bits per heavy atom. The van der Waals surface area contributed by atoms with Gasteiger partial charge in [0.15, 0.2) is 0 Å². The van der Waals surface area contributed by atoms with Gasteiger partial charge in [-0.1, -0.05) is 0 Å². The molecule has 0 fully saturated rings. The first-order valence-electron chi connectivity index (χ1n) is 6.45. The first kappa shape index (κ1) is 13.7. The quantitative estimate of drug-likeness (QED) is 0.888. The van der Waals surface area contributed by atoms with Crippen LogP contribution in [0.3, 0.4) is 0 Å². The van der Waals surface area contributed by atoms with E-state index in [2.05, 4.69) is 9.97 Å². The number of rotatable bonds is 4. The largest absolute Gasteiger partial charge is 0.346 e. The van der Waals surface area contributed by atoms with E-state index in [9.17, 15) is 4.39 Å². The van der Waals surface area contributed by atoms with Crippen LogP contribution in [0.15, 0.2) is 24.3 Å². The molecule has 0 aliphatic carbocycles. The van der Waals surface area contributed by atoms with Crippen molar-refractivity contribution >= 4 is 0 Å². The molecule has 2 aromatic rings. The molecule has 1 aromatic carbocycles. The van der Waals surface area contributed by atoms with Crippen molar-refractivity contribution in [2.75, 3.05) is 0 Å². The molecule has 102 valence electrons. The summed E-state index contributed by atoms with van der Waals surface area (Å²) in [5.74, 6) is 0.692. The van der Waals surface area contributed by atoms with Crippen molar-refractivity contribution in [2.24, 2.45) is 5.73 Å². The lowest BCUT2D eigenvalue weighted by Gasteiger charge is -2.16. The zero-order chi connectivity index (χ0) is 14.0. The highest BCUT2D eigenvalue weighted by Crippen LogP contribution is 2.22. The predicted molar refractivity (Wildman–Crippen MR) is 75.3 cm³/mol. The van der Waals surface area contributed by atoms with Crippen LogP contribution in [-0.4, -0.2) is 15.5 Å². The van der Waals surface area contributed by atoms with Crippen molar-refractivity contribution in [1.82, 2.24) is 9.97 Å². The summed E-state index contributed by atoms with van der Waals surface area (Å²) in [5, 5.41) is 0. The second-order valence-corrected chi connectivity index (χ2v) is 5.65. The van der Waals surface area contributed by atoms with Crippen LogP contribution < -0.4 is 5.73 Å². The summed E-state index contributed by atoms with van der Waals surface area (Å²) in [6, 6.07) is 6.39. The minimum Gasteiger partial charge on any atom is -0.346 e. The number of aromatic amines is 1. The van der Waals surface area contributed by atoms with Gasteiger partial charge >= 0.3 is 0 Å². The van der Waals surface area contributed by atoms with Gasteiger partial charge in [0.25, 0.3) is 0 Å². The third kappa shape index (κ3) is 3.64. The van der Waals surface area contributed by atoms with E-state index in [1.54, 1.807) is 12.1 Å². The minimum atomic E-state index is -0.234. The number of benzene rings is 1. The maximum atomic E-state index is 12.9. The van der Waals surface area contributed by atoms with Gasteiger partial charge in [0.1, 0.15) is 11.6 Å². The highest BCUT2D eigenvalue weighted by molar-refractivity contribution is 5.61. The molecule has 0 unspecified atom stereocenters. The Kier molecular flexibility index (Phi) is 3.71. The third-order valence-electron chi connectivity index (χ3n) is 3.06. The molecule has 0 aliphatic rings. The Balaban J connectivity index is 2.19. The molecule has 1 heterocycles. The van der Waals surface area contributed by atoms with Crippen molar-refractivity contribution in [1.29, 1.82) is 0 Å². The summed E-state index contributed by atoms with van der Waals surface area (Å²) in [6.45, 7) is 5.98. The average molecular weight is 261 g/mol. The number of aryl methyl sites for hydroxylation is 2. The Morgan fingerprint density at radius 3 is 2.47 bits per heavy atom. The molecule has 2 rings (SSSR count). The van der Waals surface area contributed by atoms with Crippen molar-refractivity contribution in [3.05, 3.63) is 41.6 Å². The molecule has 3 nitrogen and oxygen atoms in total. The van der Waals surface area contributed by atoms with Crippen molar-refractivity contribution in [3.63, 3.8) is 0 Å². The Morgan fingerprint density at radius 2 is 1.89 bits per heavy atom. The summed E-state index contributed by atoms with van der Waals surface area (Å²) in [6.07, 6.45) is 1.67. The SMILES string of the molecule is Cc1[nH]c(CCC(C)(C)N)nc1-c1ccc(F)cc1. The van der Waals surface area contributed by atoms with Crippen molar-refractivity contribution in [3.8, 4) is 11.3 Å². The fraction of sp³-hybridized carbons (Fsp3) is 0.400. The second-order valence-electron chi connectivity index (χ2n) is 5.65. The summed E-state index contributed by atoms with van der Waals surface area (Å²) >= 11 is 0. The summed E-state index contributed by atoms with van der Waals surface area (Å²) < 4.78 is 12.9. The van der Waals surface area contributed by atoms with E-state index in [1.807, 2.05) is 20.8 Å². The van der Waals surface area contributed by atoms with Crippen LogP contribution in [0.25, 0.3) is 11.3 Å². The molecule has 0 saturated carbocycles. The number of imidazole rings is 1. The zero-order valence-electron chi connectivity index (χ0n) is 11.6. The zero-order valence-corrected chi connectivity index (χ0v) is 11.6. The molecule has 0 spiro atoms. The van der Waals surface area contributed by atoms with E-state index in [0.717, 1.165) is 35.6 Å². The van der Waals surface area contributed by atoms with Gasteiger partial charge in [-0.2, -0.15) is 0 Å². The van der Waals surface area contributed by atoms with Crippen LogP contribution in [0.5, 0.6) is 0 Å². The molecule has 0 atom stereocenters. The van der Waals surface area contributed by atoms with Gasteiger partial charge in [-0.3, -0.25) is 0 Å². The van der Waals surface area contributed by atoms with E-state index < -0.39 is 0 Å². The van der Waals surface area contributed by atoms with Crippen LogP contribution >= 0.6 is 0 Å². The van der Waals surface area contributed by atoms with Crippen molar-refractivity contribution in [2.45, 2.75) is 39.2 Å². The Hall–Kier alpha value is -1.68. The molecule has 1 aromatic heterocycles. The first-order chi connectivity index (χ1) is 8.85. The van der Waals surface area contributed by atoms with Crippen LogP contribution in [0, 0.1) is 12.7 Å². The maximum Gasteiger partial charge on any atom is 0.123 e. The van der Waals surface area contributed by atoms with Gasteiger partial charge in [0.05, 0.1) is 5.69 Å². The Bertz CT molecular complexity index is 550. The summed E-state index contributed by atoms with van der Waals surface area (Å²) in [7, 11) is 0. The molecule has 0 aliphatic heterocycles. The van der Waals surface area contributed by atoms with Gasteiger partial charge in [-0.25, -0.2) is 9.37 Å². The predicted octanol–water partition coefficient (Wildman–Crippen LogP) is 3.19. The smallest absolute Gasteiger partial charge is 0.123 e. The molecule has 0 amide bonds. The van der Waals surface area contributed by atoms with Crippen molar-refractivity contribution < 1.29 is 4.39 Å². The topological polar surface area (TPSA) is 54.7 Å². The van der Waals surface area contributed by atoms with Crippen LogP contribution in [0.4, 0.5) is 4.39 Å². The number of nitrogens with two attached hydrogens (primary N) is 1. The maximum absolute atomic E-state index is 12.9. The second kappa shape index (κ2) is 5.13. The standard InChI is InChI=1S/C15H20FN3/c1-10-14(11-4-6-12(16)7-5-11)19-13(18-10)8-9-15(2,3)17/h4-7H,8-9,17H2,1-3H3,(H,18,19). The summed E-state index contributed by atoms with van der Waals surface area (Å²) in [5.41, 5.74) is 8.58. The molecule has 0 saturated heterocycles. The monoisotopic (exact) mass is 261 g/mol. The van der Waals surface area contributed by atoms with E-state index in [4.69, 9.17) is 5.73 Å². The Labute approximate surface area is 113 Å². The summed E-state index contributed by atoms with van der Waals surface area (Å²) in [4.78, 5) is 7.85. The number of hydrogen-bond donors (Lipinski definition) is 2. The average Bonchev–Trinajstić information content (AvgIpc) is 2.68. The van der Waals surface area contributed by atoms with E-state index >= 15 is 0 Å². The molecule has 0 radical (unpaired) electrons. The van der Waals surface area contributed by atoms with Gasteiger partial charge in [0.2, 0.25) is 0 Å². The number of nitrogens with zero attached hydrogens (tertiary/aromatic N) is 1. The molecule has 19 heavy (non-hydrogen) atoms. The van der Waals surface area contributed by atoms with Crippen LogP contribution in [-0.2, 0) is 6.42 Å². The molecule has 3 N–H and O–H groups in total. The van der Waals surface area contributed by atoms with Crippen LogP contribution in [0.1, 0.15) is 31.8 Å². The molecule has 0 bridgehead atoms. The lowest BCUT2D eigenvalue weighted by Crippen LogP contribution is -2.32.